The molecule has 0 aromatic rings. The molecule has 2 fully saturated rings. The lowest BCUT2D eigenvalue weighted by Gasteiger charge is -2.39. The highest BCUT2D eigenvalue weighted by Gasteiger charge is 2.62. The number of hydrogen-bond acceptors (Lipinski definition) is 4. The lowest BCUT2D eigenvalue weighted by atomic mass is 9.82. The highest BCUT2D eigenvalue weighted by atomic mass is 16.5. The summed E-state index contributed by atoms with van der Waals surface area (Å²) in [5, 5.41) is 13.5. The van der Waals surface area contributed by atoms with E-state index in [0.717, 1.165) is 0 Å². The van der Waals surface area contributed by atoms with E-state index in [1.807, 2.05) is 6.92 Å². The van der Waals surface area contributed by atoms with Crippen LogP contribution in [0.25, 0.3) is 0 Å². The van der Waals surface area contributed by atoms with Crippen molar-refractivity contribution in [1.29, 1.82) is 0 Å². The number of rotatable bonds is 0. The Morgan fingerprint density at radius 2 is 2.22 bits per heavy atom. The van der Waals surface area contributed by atoms with Crippen molar-refractivity contribution in [2.75, 3.05) is 7.05 Å². The zero-order valence-electron chi connectivity index (χ0n) is 11.2. The summed E-state index contributed by atoms with van der Waals surface area (Å²) in [7, 11) is 1.62. The van der Waals surface area contributed by atoms with Gasteiger partial charge in [-0.05, 0) is 20.8 Å². The quantitative estimate of drug-likeness (QED) is 0.589. The van der Waals surface area contributed by atoms with Gasteiger partial charge in [-0.15, -0.1) is 0 Å². The van der Waals surface area contributed by atoms with Crippen LogP contribution in [0.2, 0.25) is 0 Å². The van der Waals surface area contributed by atoms with E-state index in [1.165, 1.54) is 10.5 Å². The Kier molecular flexibility index (Phi) is 2.40. The maximum Gasteiger partial charge on any atom is 0.232 e. The number of likely N-dealkylation sites (tertiary alicyclic amines) is 1. The number of hydrogen-bond donors (Lipinski definition) is 2. The summed E-state index contributed by atoms with van der Waals surface area (Å²) in [4.78, 5) is 13.6. The molecule has 5 nitrogen and oxygen atoms in total. The van der Waals surface area contributed by atoms with Crippen molar-refractivity contribution in [3.05, 3.63) is 11.6 Å². The van der Waals surface area contributed by atoms with Crippen LogP contribution in [0.1, 0.15) is 20.8 Å². The second-order valence-electron chi connectivity index (χ2n) is 5.91. The van der Waals surface area contributed by atoms with Gasteiger partial charge >= 0.3 is 0 Å². The molecule has 3 rings (SSSR count). The van der Waals surface area contributed by atoms with Gasteiger partial charge in [0.25, 0.3) is 0 Å². The van der Waals surface area contributed by atoms with Gasteiger partial charge in [-0.25, -0.2) is 0 Å². The van der Waals surface area contributed by atoms with Crippen LogP contribution in [-0.2, 0) is 9.53 Å². The number of fused-ring (bicyclic) bond motifs is 3. The van der Waals surface area contributed by atoms with Crippen molar-refractivity contribution in [3.8, 4) is 0 Å². The number of nitrogens with zero attached hydrogens (tertiary/aromatic N) is 1. The average Bonchev–Trinajstić information content (AvgIpc) is 2.69. The van der Waals surface area contributed by atoms with E-state index in [1.54, 1.807) is 7.05 Å². The number of likely N-dealkylation sites (N-methyl/N-ethyl adjacent to an activating group) is 1. The molecule has 6 unspecified atom stereocenters. The normalized spacial score (nSPS) is 51.2. The maximum atomic E-state index is 12.2. The summed E-state index contributed by atoms with van der Waals surface area (Å²) in [5.74, 6) is -0.323. The van der Waals surface area contributed by atoms with Gasteiger partial charge in [0.15, 0.2) is 6.23 Å². The predicted octanol–water partition coefficient (Wildman–Crippen LogP) is -0.143. The Labute approximate surface area is 107 Å². The number of aliphatic hydroxyl groups excluding tert-OH is 1. The van der Waals surface area contributed by atoms with Crippen molar-refractivity contribution in [2.24, 2.45) is 5.92 Å². The molecule has 3 aliphatic rings. The van der Waals surface area contributed by atoms with Crippen LogP contribution in [0.5, 0.6) is 0 Å². The second-order valence-corrected chi connectivity index (χ2v) is 5.91. The number of carbonyl (C=O) groups excluding carboxylic acids is 1. The summed E-state index contributed by atoms with van der Waals surface area (Å²) < 4.78 is 6.00. The van der Waals surface area contributed by atoms with E-state index in [4.69, 9.17) is 4.74 Å². The predicted molar refractivity (Wildman–Crippen MR) is 65.7 cm³/mol. The van der Waals surface area contributed by atoms with Gasteiger partial charge in [-0.2, -0.15) is 0 Å². The largest absolute Gasteiger partial charge is 0.371 e. The van der Waals surface area contributed by atoms with E-state index in [9.17, 15) is 9.90 Å². The maximum absolute atomic E-state index is 12.2. The lowest BCUT2D eigenvalue weighted by molar-refractivity contribution is -0.138. The van der Waals surface area contributed by atoms with Crippen LogP contribution in [0.4, 0.5) is 0 Å². The van der Waals surface area contributed by atoms with Gasteiger partial charge in [-0.1, -0.05) is 11.6 Å². The molecular formula is C13H20N2O3. The molecule has 3 heterocycles. The molecule has 1 amide bonds. The summed E-state index contributed by atoms with van der Waals surface area (Å²) in [6.45, 7) is 6.12. The fraction of sp³-hybridized carbons (Fsp3) is 0.769. The molecule has 0 radical (unpaired) electrons. The zero-order chi connectivity index (χ0) is 13.2. The first-order valence-electron chi connectivity index (χ1n) is 6.43. The third-order valence-corrected chi connectivity index (χ3v) is 4.67. The van der Waals surface area contributed by atoms with Crippen molar-refractivity contribution in [1.82, 2.24) is 10.2 Å². The van der Waals surface area contributed by atoms with Gasteiger partial charge in [0, 0.05) is 13.1 Å². The van der Waals surface area contributed by atoms with Crippen LogP contribution < -0.4 is 5.32 Å². The summed E-state index contributed by atoms with van der Waals surface area (Å²) >= 11 is 0. The Hall–Kier alpha value is -0.910. The topological polar surface area (TPSA) is 61.8 Å². The second kappa shape index (κ2) is 3.56. The zero-order valence-corrected chi connectivity index (χ0v) is 11.2. The Balaban J connectivity index is 2.00. The molecule has 3 aliphatic heterocycles. The third-order valence-electron chi connectivity index (χ3n) is 4.67. The third kappa shape index (κ3) is 1.35. The summed E-state index contributed by atoms with van der Waals surface area (Å²) in [5.41, 5.74) is 0.716. The van der Waals surface area contributed by atoms with Crippen LogP contribution in [0.15, 0.2) is 11.6 Å². The molecule has 0 bridgehead atoms. The van der Waals surface area contributed by atoms with Crippen LogP contribution >= 0.6 is 0 Å². The molecule has 0 spiro atoms. The van der Waals surface area contributed by atoms with Gasteiger partial charge < -0.3 is 20.1 Å². The Morgan fingerprint density at radius 1 is 1.56 bits per heavy atom. The van der Waals surface area contributed by atoms with E-state index in [-0.39, 0.29) is 23.9 Å². The van der Waals surface area contributed by atoms with E-state index in [2.05, 4.69) is 25.2 Å². The fourth-order valence-electron chi connectivity index (χ4n) is 3.47. The Morgan fingerprint density at radius 3 is 2.89 bits per heavy atom. The van der Waals surface area contributed by atoms with E-state index in [0.29, 0.717) is 0 Å². The first-order chi connectivity index (χ1) is 8.35. The van der Waals surface area contributed by atoms with Crippen LogP contribution in [0.3, 0.4) is 0 Å². The number of amides is 1. The van der Waals surface area contributed by atoms with Crippen molar-refractivity contribution in [2.45, 2.75) is 50.8 Å². The molecular weight excluding hydrogens is 232 g/mol. The minimum absolute atomic E-state index is 0.0334. The van der Waals surface area contributed by atoms with E-state index < -0.39 is 17.9 Å². The number of aliphatic hydroxyl groups is 1. The molecule has 18 heavy (non-hydrogen) atoms. The fourth-order valence-corrected chi connectivity index (χ4v) is 3.47. The number of ether oxygens (including phenoxy) is 1. The van der Waals surface area contributed by atoms with Crippen molar-refractivity contribution < 1.29 is 14.6 Å². The highest BCUT2D eigenvalue weighted by molar-refractivity contribution is 5.83. The standard InChI is InChI=1S/C13H20N2O3/c1-6-5-13(3)10(14-7(6)2)8-9(18-13)12(17)15(4)11(8)16/h5,7-10,12,14,17H,1-4H3. The lowest BCUT2D eigenvalue weighted by Crippen LogP contribution is -2.56. The monoisotopic (exact) mass is 252 g/mol. The molecule has 5 heteroatoms. The minimum atomic E-state index is -0.837. The van der Waals surface area contributed by atoms with Gasteiger partial charge in [-0.3, -0.25) is 4.79 Å². The first kappa shape index (κ1) is 12.1. The van der Waals surface area contributed by atoms with E-state index >= 15 is 0 Å². The highest BCUT2D eigenvalue weighted by Crippen LogP contribution is 2.45. The van der Waals surface area contributed by atoms with Crippen molar-refractivity contribution >= 4 is 5.91 Å². The van der Waals surface area contributed by atoms with Gasteiger partial charge in [0.2, 0.25) is 5.91 Å². The molecule has 6 atom stereocenters. The molecule has 2 saturated heterocycles. The number of nitrogens with one attached hydrogen (secondary N) is 1. The van der Waals surface area contributed by atoms with Gasteiger partial charge in [0.05, 0.1) is 12.0 Å². The molecule has 0 saturated carbocycles. The summed E-state index contributed by atoms with van der Waals surface area (Å²) in [6, 6.07) is 0.176. The summed E-state index contributed by atoms with van der Waals surface area (Å²) in [6.07, 6.45) is 0.826. The average molecular weight is 252 g/mol. The minimum Gasteiger partial charge on any atom is -0.371 e. The Bertz CT molecular complexity index is 436. The smallest absolute Gasteiger partial charge is 0.232 e. The van der Waals surface area contributed by atoms with Gasteiger partial charge in [0.1, 0.15) is 11.7 Å². The number of carbonyl (C=O) groups is 1. The molecule has 0 aromatic heterocycles. The molecule has 0 aliphatic carbocycles. The molecule has 0 aromatic carbocycles. The first-order valence-corrected chi connectivity index (χ1v) is 6.43. The SMILES string of the molecule is CC1=CC2(C)OC3C(C(=O)N(C)C3O)C2NC1C. The molecule has 2 N–H and O–H groups in total. The van der Waals surface area contributed by atoms with Crippen LogP contribution in [-0.4, -0.2) is 53.0 Å². The van der Waals surface area contributed by atoms with Crippen LogP contribution in [0, 0.1) is 5.92 Å². The van der Waals surface area contributed by atoms with Crippen molar-refractivity contribution in [3.63, 3.8) is 0 Å². The molecule has 100 valence electrons.